The van der Waals surface area contributed by atoms with Gasteiger partial charge in [-0.05, 0) is 20.8 Å². The van der Waals surface area contributed by atoms with Crippen LogP contribution >= 0.6 is 0 Å². The molecule has 0 aliphatic carbocycles. The number of nitrogens with one attached hydrogen (secondary N) is 1. The van der Waals surface area contributed by atoms with E-state index in [-0.39, 0.29) is 24.4 Å². The van der Waals surface area contributed by atoms with Crippen LogP contribution in [0.4, 0.5) is 0 Å². The lowest BCUT2D eigenvalue weighted by Gasteiger charge is -2.39. The van der Waals surface area contributed by atoms with Crippen LogP contribution in [0.1, 0.15) is 20.8 Å². The first kappa shape index (κ1) is 10.6. The zero-order chi connectivity index (χ0) is 10.9. The van der Waals surface area contributed by atoms with Gasteiger partial charge in [0, 0.05) is 0 Å². The number of rotatable bonds is 1. The first-order valence-electron chi connectivity index (χ1n) is 4.46. The lowest BCUT2D eigenvalue weighted by molar-refractivity contribution is -0.149. The lowest BCUT2D eigenvalue weighted by Crippen LogP contribution is -2.65. The van der Waals surface area contributed by atoms with Crippen LogP contribution in [-0.4, -0.2) is 34.8 Å². The minimum absolute atomic E-state index is 0.0492. The van der Waals surface area contributed by atoms with Crippen LogP contribution in [0.15, 0.2) is 0 Å². The average molecular weight is 194 g/mol. The minimum Gasteiger partial charge on any atom is -0.341 e. The van der Waals surface area contributed by atoms with E-state index in [1.807, 2.05) is 0 Å². The van der Waals surface area contributed by atoms with Crippen LogP contribution in [0.25, 0.3) is 0 Å². The molecule has 76 valence electrons. The number of hydrogen-bond acceptors (Lipinski definition) is 2. The molecule has 0 spiro atoms. The van der Waals surface area contributed by atoms with Gasteiger partial charge in [-0.25, -0.2) is 0 Å². The fourth-order valence-corrected chi connectivity index (χ4v) is 1.43. The minimum atomic E-state index is -0.847. The molecule has 1 N–H and O–H groups in total. The van der Waals surface area contributed by atoms with E-state index in [0.29, 0.717) is 0 Å². The van der Waals surface area contributed by atoms with E-state index < -0.39 is 5.54 Å². The molecule has 0 aromatic carbocycles. The van der Waals surface area contributed by atoms with Crippen molar-refractivity contribution in [3.8, 4) is 12.3 Å². The quantitative estimate of drug-likeness (QED) is 0.585. The molecule has 0 bridgehead atoms. The maximum atomic E-state index is 11.8. The highest BCUT2D eigenvalue weighted by atomic mass is 16.2. The van der Waals surface area contributed by atoms with E-state index >= 15 is 0 Å². The fourth-order valence-electron chi connectivity index (χ4n) is 1.43. The number of carbonyl (C=O) groups excluding carboxylic acids is 2. The molecule has 1 fully saturated rings. The zero-order valence-corrected chi connectivity index (χ0v) is 8.63. The van der Waals surface area contributed by atoms with Crippen molar-refractivity contribution in [2.45, 2.75) is 32.4 Å². The molecular weight excluding hydrogens is 180 g/mol. The molecule has 4 heteroatoms. The highest BCUT2D eigenvalue weighted by molar-refractivity contribution is 5.97. The summed E-state index contributed by atoms with van der Waals surface area (Å²) in [7, 11) is 0. The third-order valence-electron chi connectivity index (χ3n) is 2.27. The molecule has 14 heavy (non-hydrogen) atoms. The Labute approximate surface area is 83.6 Å². The van der Waals surface area contributed by atoms with Crippen molar-refractivity contribution >= 4 is 11.8 Å². The Morgan fingerprint density at radius 2 is 2.14 bits per heavy atom. The monoisotopic (exact) mass is 194 g/mol. The number of nitrogens with zero attached hydrogens (tertiary/aromatic N) is 1. The molecule has 1 aliphatic heterocycles. The third kappa shape index (κ3) is 1.72. The second kappa shape index (κ2) is 3.33. The van der Waals surface area contributed by atoms with Crippen molar-refractivity contribution in [2.75, 3.05) is 6.54 Å². The van der Waals surface area contributed by atoms with E-state index in [1.165, 1.54) is 4.90 Å². The van der Waals surface area contributed by atoms with Crippen molar-refractivity contribution in [3.63, 3.8) is 0 Å². The van der Waals surface area contributed by atoms with Gasteiger partial charge >= 0.3 is 0 Å². The molecular formula is C10H14N2O2. The summed E-state index contributed by atoms with van der Waals surface area (Å²) in [6.45, 7) is 5.12. The largest absolute Gasteiger partial charge is 0.341 e. The van der Waals surface area contributed by atoms with Crippen molar-refractivity contribution in [1.29, 1.82) is 0 Å². The van der Waals surface area contributed by atoms with Crippen LogP contribution in [0.2, 0.25) is 0 Å². The van der Waals surface area contributed by atoms with E-state index in [0.717, 1.165) is 0 Å². The van der Waals surface area contributed by atoms with E-state index in [4.69, 9.17) is 6.42 Å². The highest BCUT2D eigenvalue weighted by Gasteiger charge is 2.40. The molecule has 1 heterocycles. The van der Waals surface area contributed by atoms with Crippen LogP contribution in [-0.2, 0) is 9.59 Å². The molecule has 0 aromatic rings. The number of carbonyl (C=O) groups is 2. The van der Waals surface area contributed by atoms with Crippen LogP contribution in [0, 0.1) is 12.3 Å². The number of terminal acetylenes is 1. The summed E-state index contributed by atoms with van der Waals surface area (Å²) in [5, 5.41) is 2.62. The van der Waals surface area contributed by atoms with Crippen LogP contribution in [0.3, 0.4) is 0 Å². The number of amides is 2. The Bertz CT molecular complexity index is 315. The van der Waals surface area contributed by atoms with E-state index in [1.54, 1.807) is 20.8 Å². The Morgan fingerprint density at radius 3 is 2.64 bits per heavy atom. The molecule has 1 rings (SSSR count). The molecule has 1 saturated heterocycles. The maximum absolute atomic E-state index is 11.8. The Hall–Kier alpha value is -1.50. The topological polar surface area (TPSA) is 49.4 Å². The normalized spacial score (nSPS) is 22.6. The van der Waals surface area contributed by atoms with Crippen LogP contribution < -0.4 is 5.32 Å². The summed E-state index contributed by atoms with van der Waals surface area (Å²) in [4.78, 5) is 24.5. The van der Waals surface area contributed by atoms with Crippen molar-refractivity contribution < 1.29 is 9.59 Å². The summed E-state index contributed by atoms with van der Waals surface area (Å²) in [6, 6.07) is -0.340. The molecule has 1 unspecified atom stereocenters. The molecule has 1 aliphatic rings. The summed E-state index contributed by atoms with van der Waals surface area (Å²) in [5.41, 5.74) is -0.847. The van der Waals surface area contributed by atoms with Gasteiger partial charge in [0.25, 0.3) is 0 Å². The summed E-state index contributed by atoms with van der Waals surface area (Å²) in [6.07, 6.45) is 5.22. The standard InChI is InChI=1S/C10H14N2O2/c1-5-7(2)12-6-8(13)11-10(3,4)9(12)14/h1,7H,6H2,2-4H3,(H,11,13). The molecule has 4 nitrogen and oxygen atoms in total. The van der Waals surface area contributed by atoms with Gasteiger partial charge in [-0.15, -0.1) is 6.42 Å². The van der Waals surface area contributed by atoms with Gasteiger partial charge < -0.3 is 10.2 Å². The van der Waals surface area contributed by atoms with Gasteiger partial charge in [0.1, 0.15) is 12.1 Å². The smallest absolute Gasteiger partial charge is 0.249 e. The lowest BCUT2D eigenvalue weighted by atomic mass is 9.99. The van der Waals surface area contributed by atoms with Gasteiger partial charge in [0.05, 0.1) is 6.04 Å². The van der Waals surface area contributed by atoms with Gasteiger partial charge in [0.15, 0.2) is 0 Å². The molecule has 0 radical (unpaired) electrons. The Balaban J connectivity index is 2.93. The van der Waals surface area contributed by atoms with E-state index in [2.05, 4.69) is 11.2 Å². The van der Waals surface area contributed by atoms with Crippen molar-refractivity contribution in [2.24, 2.45) is 0 Å². The fraction of sp³-hybridized carbons (Fsp3) is 0.600. The Kier molecular flexibility index (Phi) is 2.52. The predicted molar refractivity (Wildman–Crippen MR) is 52.2 cm³/mol. The summed E-state index contributed by atoms with van der Waals surface area (Å²) in [5.74, 6) is 2.14. The number of piperazine rings is 1. The van der Waals surface area contributed by atoms with Crippen LogP contribution in [0.5, 0.6) is 0 Å². The Morgan fingerprint density at radius 1 is 1.57 bits per heavy atom. The zero-order valence-electron chi connectivity index (χ0n) is 8.63. The highest BCUT2D eigenvalue weighted by Crippen LogP contribution is 2.15. The summed E-state index contributed by atoms with van der Waals surface area (Å²) < 4.78 is 0. The SMILES string of the molecule is C#CC(C)N1CC(=O)NC(C)(C)C1=O. The predicted octanol–water partition coefficient (Wildman–Crippen LogP) is -0.255. The molecule has 2 amide bonds. The van der Waals surface area contributed by atoms with Gasteiger partial charge in [-0.1, -0.05) is 5.92 Å². The maximum Gasteiger partial charge on any atom is 0.249 e. The molecule has 0 aromatic heterocycles. The first-order valence-corrected chi connectivity index (χ1v) is 4.46. The summed E-state index contributed by atoms with van der Waals surface area (Å²) >= 11 is 0. The van der Waals surface area contributed by atoms with Gasteiger partial charge in [-0.3, -0.25) is 9.59 Å². The molecule has 0 saturated carbocycles. The van der Waals surface area contributed by atoms with Crippen molar-refractivity contribution in [1.82, 2.24) is 10.2 Å². The average Bonchev–Trinajstić information content (AvgIpc) is 2.09. The second-order valence-corrected chi connectivity index (χ2v) is 3.95. The van der Waals surface area contributed by atoms with Gasteiger partial charge in [0.2, 0.25) is 11.8 Å². The second-order valence-electron chi connectivity index (χ2n) is 3.95. The molecule has 1 atom stereocenters. The first-order chi connectivity index (χ1) is 6.38. The van der Waals surface area contributed by atoms with Crippen molar-refractivity contribution in [3.05, 3.63) is 0 Å². The number of hydrogen-bond donors (Lipinski definition) is 1. The van der Waals surface area contributed by atoms with E-state index in [9.17, 15) is 9.59 Å². The third-order valence-corrected chi connectivity index (χ3v) is 2.27. The van der Waals surface area contributed by atoms with Gasteiger partial charge in [-0.2, -0.15) is 0 Å².